The largest absolute Gasteiger partial charge is 0.356 e. The minimum atomic E-state index is 0.391. The Morgan fingerprint density at radius 1 is 1.04 bits per heavy atom. The van der Waals surface area contributed by atoms with Crippen molar-refractivity contribution in [1.82, 2.24) is 9.97 Å². The second kappa shape index (κ2) is 7.40. The summed E-state index contributed by atoms with van der Waals surface area (Å²) in [6.07, 6.45) is 8.53. The molecule has 1 aliphatic carbocycles. The predicted molar refractivity (Wildman–Crippen MR) is 114 cm³/mol. The van der Waals surface area contributed by atoms with E-state index in [0.717, 1.165) is 36.1 Å². The van der Waals surface area contributed by atoms with Crippen molar-refractivity contribution in [3.8, 4) is 0 Å². The smallest absolute Gasteiger partial charge is 0.225 e. The second-order valence-corrected chi connectivity index (χ2v) is 9.25. The number of hydrogen-bond acceptors (Lipinski definition) is 4. The third-order valence-corrected chi connectivity index (χ3v) is 7.40. The number of piperidine rings is 1. The quantitative estimate of drug-likeness (QED) is 0.532. The summed E-state index contributed by atoms with van der Waals surface area (Å²) in [5.41, 5.74) is 2.95. The summed E-state index contributed by atoms with van der Waals surface area (Å²) in [6, 6.07) is 10.9. The molecule has 0 amide bonds. The molecule has 0 radical (unpaired) electrons. The SMILES string of the molecule is Clc1nc(N2CCC(Cc3ccccc3)CC2)c2c3c(sc2n1)CCCC3. The molecule has 0 saturated carbocycles. The Morgan fingerprint density at radius 3 is 2.63 bits per heavy atom. The van der Waals surface area contributed by atoms with Crippen LogP contribution in [0.2, 0.25) is 5.28 Å². The van der Waals surface area contributed by atoms with E-state index in [1.165, 1.54) is 59.9 Å². The second-order valence-electron chi connectivity index (χ2n) is 7.83. The molecular weight excluding hydrogens is 374 g/mol. The maximum absolute atomic E-state index is 6.30. The maximum atomic E-state index is 6.30. The fourth-order valence-corrected chi connectivity index (χ4v) is 6.11. The molecule has 0 atom stereocenters. The third kappa shape index (κ3) is 3.45. The number of nitrogens with zero attached hydrogens (tertiary/aromatic N) is 3. The Hall–Kier alpha value is -1.65. The zero-order chi connectivity index (χ0) is 18.2. The van der Waals surface area contributed by atoms with Crippen LogP contribution in [0.15, 0.2) is 30.3 Å². The molecule has 0 bridgehead atoms. The Labute approximate surface area is 169 Å². The molecule has 0 N–H and O–H groups in total. The summed E-state index contributed by atoms with van der Waals surface area (Å²) in [7, 11) is 0. The number of anilines is 1. The summed E-state index contributed by atoms with van der Waals surface area (Å²) in [4.78, 5) is 14.3. The zero-order valence-electron chi connectivity index (χ0n) is 15.5. The van der Waals surface area contributed by atoms with Crippen molar-refractivity contribution in [3.63, 3.8) is 0 Å². The summed E-state index contributed by atoms with van der Waals surface area (Å²) >= 11 is 8.13. The van der Waals surface area contributed by atoms with Crippen molar-refractivity contribution in [3.05, 3.63) is 51.6 Å². The standard InChI is InChI=1S/C22H24ClN3S/c23-22-24-20(19-17-8-4-5-9-18(17)27-21(19)25-22)26-12-10-16(11-13-26)14-15-6-2-1-3-7-15/h1-3,6-7,16H,4-5,8-14H2. The van der Waals surface area contributed by atoms with E-state index in [2.05, 4.69) is 40.2 Å². The highest BCUT2D eigenvalue weighted by atomic mass is 35.5. The molecule has 3 heterocycles. The highest BCUT2D eigenvalue weighted by Gasteiger charge is 2.26. The number of aryl methyl sites for hydroxylation is 2. The first-order valence-corrected chi connectivity index (χ1v) is 11.2. The number of halogens is 1. The van der Waals surface area contributed by atoms with Gasteiger partial charge in [0.2, 0.25) is 5.28 Å². The molecule has 140 valence electrons. The van der Waals surface area contributed by atoms with Gasteiger partial charge in [-0.05, 0) is 73.6 Å². The average molecular weight is 398 g/mol. The number of rotatable bonds is 3. The van der Waals surface area contributed by atoms with Gasteiger partial charge in [0, 0.05) is 18.0 Å². The van der Waals surface area contributed by atoms with Crippen LogP contribution in [0, 0.1) is 5.92 Å². The number of aromatic nitrogens is 2. The Balaban J connectivity index is 1.39. The molecule has 3 nitrogen and oxygen atoms in total. The lowest BCUT2D eigenvalue weighted by atomic mass is 9.90. The van der Waals surface area contributed by atoms with Crippen molar-refractivity contribution < 1.29 is 0 Å². The lowest BCUT2D eigenvalue weighted by molar-refractivity contribution is 0.402. The van der Waals surface area contributed by atoms with Crippen molar-refractivity contribution in [2.75, 3.05) is 18.0 Å². The normalized spacial score (nSPS) is 18.0. The van der Waals surface area contributed by atoms with E-state index in [1.807, 2.05) is 11.3 Å². The molecule has 5 heteroatoms. The molecular formula is C22H24ClN3S. The highest BCUT2D eigenvalue weighted by Crippen LogP contribution is 2.41. The number of fused-ring (bicyclic) bond motifs is 3. The van der Waals surface area contributed by atoms with Gasteiger partial charge < -0.3 is 4.90 Å². The topological polar surface area (TPSA) is 29.0 Å². The number of thiophene rings is 1. The van der Waals surface area contributed by atoms with Gasteiger partial charge in [-0.3, -0.25) is 0 Å². The number of benzene rings is 1. The van der Waals surface area contributed by atoms with Crippen LogP contribution in [0.1, 0.15) is 41.7 Å². The molecule has 2 aromatic heterocycles. The summed E-state index contributed by atoms with van der Waals surface area (Å²) in [6.45, 7) is 2.12. The molecule has 5 rings (SSSR count). The van der Waals surface area contributed by atoms with Crippen molar-refractivity contribution in [2.24, 2.45) is 5.92 Å². The Morgan fingerprint density at radius 2 is 1.81 bits per heavy atom. The summed E-state index contributed by atoms with van der Waals surface area (Å²) in [5, 5.41) is 1.68. The van der Waals surface area contributed by atoms with Crippen LogP contribution >= 0.6 is 22.9 Å². The van der Waals surface area contributed by atoms with E-state index in [-0.39, 0.29) is 0 Å². The molecule has 0 unspecified atom stereocenters. The van der Waals surface area contributed by atoms with Gasteiger partial charge in [-0.25, -0.2) is 4.98 Å². The van der Waals surface area contributed by atoms with Crippen LogP contribution in [-0.2, 0) is 19.3 Å². The average Bonchev–Trinajstić information content (AvgIpc) is 3.07. The minimum absolute atomic E-state index is 0.391. The lowest BCUT2D eigenvalue weighted by Gasteiger charge is -2.33. The first kappa shape index (κ1) is 17.4. The molecule has 1 fully saturated rings. The molecule has 3 aromatic rings. The van der Waals surface area contributed by atoms with Crippen LogP contribution < -0.4 is 4.90 Å². The van der Waals surface area contributed by atoms with E-state index in [1.54, 1.807) is 0 Å². The predicted octanol–water partition coefficient (Wildman–Crippen LogP) is 5.68. The molecule has 0 spiro atoms. The monoisotopic (exact) mass is 397 g/mol. The van der Waals surface area contributed by atoms with Crippen molar-refractivity contribution in [2.45, 2.75) is 44.9 Å². The highest BCUT2D eigenvalue weighted by molar-refractivity contribution is 7.19. The fraction of sp³-hybridized carbons (Fsp3) is 0.455. The van der Waals surface area contributed by atoms with E-state index >= 15 is 0 Å². The van der Waals surface area contributed by atoms with Gasteiger partial charge in [-0.2, -0.15) is 4.98 Å². The van der Waals surface area contributed by atoms with Crippen LogP contribution in [0.25, 0.3) is 10.2 Å². The van der Waals surface area contributed by atoms with Gasteiger partial charge in [0.1, 0.15) is 10.6 Å². The van der Waals surface area contributed by atoms with Gasteiger partial charge in [-0.1, -0.05) is 30.3 Å². The molecule has 2 aliphatic rings. The van der Waals surface area contributed by atoms with Gasteiger partial charge in [0.25, 0.3) is 0 Å². The Bertz CT molecular complexity index is 945. The zero-order valence-corrected chi connectivity index (χ0v) is 17.0. The number of hydrogen-bond donors (Lipinski definition) is 0. The molecule has 1 saturated heterocycles. The van der Waals surface area contributed by atoms with Gasteiger partial charge >= 0.3 is 0 Å². The van der Waals surface area contributed by atoms with Crippen molar-refractivity contribution in [1.29, 1.82) is 0 Å². The summed E-state index contributed by atoms with van der Waals surface area (Å²) in [5.74, 6) is 1.84. The molecule has 27 heavy (non-hydrogen) atoms. The van der Waals surface area contributed by atoms with Crippen LogP contribution in [0.4, 0.5) is 5.82 Å². The van der Waals surface area contributed by atoms with Gasteiger partial charge in [0.15, 0.2) is 0 Å². The lowest BCUT2D eigenvalue weighted by Crippen LogP contribution is -2.35. The summed E-state index contributed by atoms with van der Waals surface area (Å²) < 4.78 is 0. The minimum Gasteiger partial charge on any atom is -0.356 e. The van der Waals surface area contributed by atoms with Crippen LogP contribution in [0.3, 0.4) is 0 Å². The maximum Gasteiger partial charge on any atom is 0.225 e. The Kier molecular flexibility index (Phi) is 4.78. The van der Waals surface area contributed by atoms with Crippen molar-refractivity contribution >= 4 is 39.0 Å². The van der Waals surface area contributed by atoms with Gasteiger partial charge in [0.05, 0.1) is 5.39 Å². The van der Waals surface area contributed by atoms with Gasteiger partial charge in [-0.15, -0.1) is 11.3 Å². The fourth-order valence-electron chi connectivity index (χ4n) is 4.64. The molecule has 1 aliphatic heterocycles. The van der Waals surface area contributed by atoms with E-state index < -0.39 is 0 Å². The van der Waals surface area contributed by atoms with Crippen LogP contribution in [0.5, 0.6) is 0 Å². The first-order valence-electron chi connectivity index (χ1n) is 10.0. The van der Waals surface area contributed by atoms with E-state index in [9.17, 15) is 0 Å². The van der Waals surface area contributed by atoms with E-state index in [0.29, 0.717) is 5.28 Å². The van der Waals surface area contributed by atoms with E-state index in [4.69, 9.17) is 16.6 Å². The first-order chi connectivity index (χ1) is 13.3. The van der Waals surface area contributed by atoms with Crippen LogP contribution in [-0.4, -0.2) is 23.1 Å². The third-order valence-electron chi connectivity index (χ3n) is 6.05. The molecule has 1 aromatic carbocycles.